The van der Waals surface area contributed by atoms with Crippen LogP contribution in [0.25, 0.3) is 0 Å². The molecule has 0 radical (unpaired) electrons. The molecule has 0 bridgehead atoms. The molecule has 1 aliphatic rings. The van der Waals surface area contributed by atoms with Crippen molar-refractivity contribution in [3.63, 3.8) is 0 Å². The smallest absolute Gasteiger partial charge is 0.163 e. The molecule has 1 aliphatic heterocycles. The van der Waals surface area contributed by atoms with Crippen LogP contribution in [0.15, 0.2) is 30.3 Å². The molecule has 0 spiro atoms. The number of fused-ring (bicyclic) bond motifs is 1. The average Bonchev–Trinajstić information content (AvgIpc) is 3.20. The van der Waals surface area contributed by atoms with E-state index in [1.807, 2.05) is 20.9 Å². The summed E-state index contributed by atoms with van der Waals surface area (Å²) in [5.74, 6) is -0.222. The van der Waals surface area contributed by atoms with Gasteiger partial charge in [0.05, 0.1) is 5.56 Å². The summed E-state index contributed by atoms with van der Waals surface area (Å²) in [6.45, 7) is 14.0. The molecule has 2 aromatic carbocycles. The summed E-state index contributed by atoms with van der Waals surface area (Å²) in [7, 11) is 2.02. The van der Waals surface area contributed by atoms with Crippen molar-refractivity contribution in [3.05, 3.63) is 58.1 Å². The number of benzene rings is 2. The highest BCUT2D eigenvalue weighted by Gasteiger charge is 2.14. The SMILES string of the molecule is CC(=O)c1cc(C(C)C)c(O)cc1O.CCCN(CCNC)Cc1ccc2c(c1)CNC2. The van der Waals surface area contributed by atoms with E-state index in [9.17, 15) is 15.0 Å². The molecule has 0 saturated heterocycles. The molecule has 32 heavy (non-hydrogen) atoms. The number of phenolic OH excluding ortho intramolecular Hbond substituents is 2. The largest absolute Gasteiger partial charge is 0.508 e. The molecule has 0 aromatic heterocycles. The molecule has 0 atom stereocenters. The van der Waals surface area contributed by atoms with Crippen LogP contribution in [0.3, 0.4) is 0 Å². The molecular formula is C26H39N3O3. The number of carbonyl (C=O) groups excluding carboxylic acids is 1. The van der Waals surface area contributed by atoms with Crippen molar-refractivity contribution in [1.29, 1.82) is 0 Å². The maximum absolute atomic E-state index is 11.1. The van der Waals surface area contributed by atoms with Gasteiger partial charge in [0.1, 0.15) is 11.5 Å². The first-order valence-electron chi connectivity index (χ1n) is 11.5. The number of hydrogen-bond acceptors (Lipinski definition) is 6. The van der Waals surface area contributed by atoms with Gasteiger partial charge in [-0.15, -0.1) is 0 Å². The monoisotopic (exact) mass is 441 g/mol. The lowest BCUT2D eigenvalue weighted by molar-refractivity contribution is 0.101. The van der Waals surface area contributed by atoms with Gasteiger partial charge >= 0.3 is 0 Å². The maximum Gasteiger partial charge on any atom is 0.163 e. The first-order valence-corrected chi connectivity index (χ1v) is 11.5. The molecule has 176 valence electrons. The maximum atomic E-state index is 11.1. The Morgan fingerprint density at radius 2 is 1.81 bits per heavy atom. The van der Waals surface area contributed by atoms with Gasteiger partial charge in [-0.25, -0.2) is 0 Å². The second-order valence-electron chi connectivity index (χ2n) is 8.73. The predicted octanol–water partition coefficient (Wildman–Crippen LogP) is 4.15. The molecule has 0 unspecified atom stereocenters. The van der Waals surface area contributed by atoms with Crippen LogP contribution in [0.4, 0.5) is 0 Å². The Bertz CT molecular complexity index is 896. The lowest BCUT2D eigenvalue weighted by Crippen LogP contribution is -2.31. The van der Waals surface area contributed by atoms with Gasteiger partial charge in [0.2, 0.25) is 0 Å². The highest BCUT2D eigenvalue weighted by Crippen LogP contribution is 2.32. The minimum atomic E-state index is -0.204. The summed E-state index contributed by atoms with van der Waals surface area (Å²) in [6.07, 6.45) is 1.22. The summed E-state index contributed by atoms with van der Waals surface area (Å²) >= 11 is 0. The lowest BCUT2D eigenvalue weighted by atomic mass is 9.97. The average molecular weight is 442 g/mol. The molecule has 0 saturated carbocycles. The minimum Gasteiger partial charge on any atom is -0.508 e. The van der Waals surface area contributed by atoms with Crippen LogP contribution in [-0.4, -0.2) is 47.6 Å². The van der Waals surface area contributed by atoms with Crippen LogP contribution >= 0.6 is 0 Å². The standard InChI is InChI=1S/C15H25N3.C11H14O3/c1-3-7-18(8-6-16-2)12-13-4-5-14-10-17-11-15(14)9-13;1-6(2)8-4-9(7(3)12)11(14)5-10(8)13/h4-5,9,16-17H,3,6-8,10-12H2,1-2H3;4-6,13-14H,1-3H3. The Hall–Kier alpha value is -2.41. The zero-order chi connectivity index (χ0) is 23.7. The Morgan fingerprint density at radius 3 is 2.44 bits per heavy atom. The summed E-state index contributed by atoms with van der Waals surface area (Å²) < 4.78 is 0. The number of nitrogens with zero attached hydrogens (tertiary/aromatic N) is 1. The Morgan fingerprint density at radius 1 is 1.09 bits per heavy atom. The van der Waals surface area contributed by atoms with Gasteiger partial charge in [0.15, 0.2) is 5.78 Å². The second kappa shape index (κ2) is 12.6. The Kier molecular flexibility index (Phi) is 10.2. The number of hydrogen-bond donors (Lipinski definition) is 4. The summed E-state index contributed by atoms with van der Waals surface area (Å²) in [5, 5.41) is 25.5. The van der Waals surface area contributed by atoms with Crippen LogP contribution in [0.1, 0.15) is 72.6 Å². The zero-order valence-electron chi connectivity index (χ0n) is 20.2. The minimum absolute atomic E-state index is 0.0301. The second-order valence-corrected chi connectivity index (χ2v) is 8.73. The molecule has 3 rings (SSSR count). The number of ketones is 1. The third-order valence-corrected chi connectivity index (χ3v) is 5.67. The molecule has 0 fully saturated rings. The molecule has 6 nitrogen and oxygen atoms in total. The molecule has 4 N–H and O–H groups in total. The summed E-state index contributed by atoms with van der Waals surface area (Å²) in [5.41, 5.74) is 5.33. The number of phenols is 2. The normalized spacial score (nSPS) is 12.6. The lowest BCUT2D eigenvalue weighted by Gasteiger charge is -2.22. The third-order valence-electron chi connectivity index (χ3n) is 5.67. The highest BCUT2D eigenvalue weighted by molar-refractivity contribution is 5.97. The number of likely N-dealkylation sites (N-methyl/N-ethyl adjacent to an activating group) is 1. The van der Waals surface area contributed by atoms with Crippen LogP contribution < -0.4 is 10.6 Å². The topological polar surface area (TPSA) is 84.8 Å². The van der Waals surface area contributed by atoms with E-state index in [1.165, 1.54) is 48.7 Å². The van der Waals surface area contributed by atoms with E-state index >= 15 is 0 Å². The van der Waals surface area contributed by atoms with Crippen molar-refractivity contribution < 1.29 is 15.0 Å². The molecular weight excluding hydrogens is 402 g/mol. The van der Waals surface area contributed by atoms with Crippen LogP contribution in [0, 0.1) is 0 Å². The van der Waals surface area contributed by atoms with Crippen molar-refractivity contribution in [2.45, 2.75) is 59.7 Å². The third kappa shape index (κ3) is 7.33. The fourth-order valence-electron chi connectivity index (χ4n) is 3.90. The van der Waals surface area contributed by atoms with Crippen molar-refractivity contribution >= 4 is 5.78 Å². The number of rotatable bonds is 9. The zero-order valence-corrected chi connectivity index (χ0v) is 20.2. The van der Waals surface area contributed by atoms with Gasteiger partial charge in [-0.1, -0.05) is 39.0 Å². The van der Waals surface area contributed by atoms with Crippen molar-refractivity contribution in [2.24, 2.45) is 0 Å². The van der Waals surface area contributed by atoms with E-state index in [0.717, 1.165) is 32.7 Å². The predicted molar refractivity (Wildman–Crippen MR) is 130 cm³/mol. The summed E-state index contributed by atoms with van der Waals surface area (Å²) in [4.78, 5) is 13.6. The van der Waals surface area contributed by atoms with Gasteiger partial charge in [-0.05, 0) is 61.2 Å². The quantitative estimate of drug-likeness (QED) is 0.438. The van der Waals surface area contributed by atoms with Gasteiger partial charge < -0.3 is 20.8 Å². The molecule has 1 heterocycles. The van der Waals surface area contributed by atoms with Crippen LogP contribution in [-0.2, 0) is 19.6 Å². The first kappa shape index (κ1) is 25.8. The molecule has 2 aromatic rings. The van der Waals surface area contributed by atoms with Crippen molar-refractivity contribution in [3.8, 4) is 11.5 Å². The number of aromatic hydroxyl groups is 2. The van der Waals surface area contributed by atoms with E-state index in [0.29, 0.717) is 5.56 Å². The van der Waals surface area contributed by atoms with E-state index in [4.69, 9.17) is 0 Å². The van der Waals surface area contributed by atoms with E-state index in [1.54, 1.807) is 0 Å². The van der Waals surface area contributed by atoms with E-state index < -0.39 is 0 Å². The van der Waals surface area contributed by atoms with Crippen LogP contribution in [0.2, 0.25) is 0 Å². The fraction of sp³-hybridized carbons (Fsp3) is 0.500. The first-order chi connectivity index (χ1) is 15.3. The number of nitrogens with one attached hydrogen (secondary N) is 2. The van der Waals surface area contributed by atoms with Gasteiger partial charge in [0.25, 0.3) is 0 Å². The Labute approximate surface area is 192 Å². The number of Topliss-reactive ketones (excluding diaryl/α,β-unsaturated/α-hetero) is 1. The van der Waals surface area contributed by atoms with E-state index in [-0.39, 0.29) is 28.8 Å². The van der Waals surface area contributed by atoms with Crippen molar-refractivity contribution in [1.82, 2.24) is 15.5 Å². The van der Waals surface area contributed by atoms with Crippen LogP contribution in [0.5, 0.6) is 11.5 Å². The number of carbonyl (C=O) groups is 1. The van der Waals surface area contributed by atoms with Crippen molar-refractivity contribution in [2.75, 3.05) is 26.7 Å². The highest BCUT2D eigenvalue weighted by atomic mass is 16.3. The molecule has 6 heteroatoms. The van der Waals surface area contributed by atoms with Gasteiger partial charge in [0, 0.05) is 38.8 Å². The van der Waals surface area contributed by atoms with Gasteiger partial charge in [-0.3, -0.25) is 9.69 Å². The Balaban J connectivity index is 0.000000235. The van der Waals surface area contributed by atoms with E-state index in [2.05, 4.69) is 40.7 Å². The fourth-order valence-corrected chi connectivity index (χ4v) is 3.90. The van der Waals surface area contributed by atoms with Gasteiger partial charge in [-0.2, -0.15) is 0 Å². The molecule has 0 aliphatic carbocycles. The molecule has 0 amide bonds. The summed E-state index contributed by atoms with van der Waals surface area (Å²) in [6, 6.07) is 9.70.